The van der Waals surface area contributed by atoms with Gasteiger partial charge in [0, 0.05) is 17.3 Å². The molecule has 92 valence electrons. The van der Waals surface area contributed by atoms with Gasteiger partial charge in [0.1, 0.15) is 0 Å². The van der Waals surface area contributed by atoms with Gasteiger partial charge in [-0.25, -0.2) is 0 Å². The van der Waals surface area contributed by atoms with Crippen LogP contribution >= 0.6 is 0 Å². The van der Waals surface area contributed by atoms with Crippen molar-refractivity contribution in [2.24, 2.45) is 11.3 Å². The minimum atomic E-state index is 0.112. The third-order valence-electron chi connectivity index (χ3n) is 3.70. The molecule has 1 amide bonds. The summed E-state index contributed by atoms with van der Waals surface area (Å²) in [4.78, 5) is 12.0. The number of nitrogens with one attached hydrogen (secondary N) is 1. The van der Waals surface area contributed by atoms with Gasteiger partial charge in [0.05, 0.1) is 0 Å². The molecule has 0 aromatic heterocycles. The minimum Gasteiger partial charge on any atom is -0.398 e. The van der Waals surface area contributed by atoms with E-state index in [1.54, 1.807) is 0 Å². The molecule has 1 aromatic rings. The van der Waals surface area contributed by atoms with Crippen LogP contribution in [0.5, 0.6) is 0 Å². The highest BCUT2D eigenvalue weighted by molar-refractivity contribution is 5.96. The van der Waals surface area contributed by atoms with Crippen LogP contribution in [-0.4, -0.2) is 5.91 Å². The zero-order valence-corrected chi connectivity index (χ0v) is 10.9. The molecule has 0 saturated heterocycles. The van der Waals surface area contributed by atoms with E-state index in [9.17, 15) is 4.79 Å². The number of carbonyl (C=O) groups excluding carboxylic acids is 1. The lowest BCUT2D eigenvalue weighted by Crippen LogP contribution is -2.17. The van der Waals surface area contributed by atoms with Gasteiger partial charge < -0.3 is 11.1 Å². The molecule has 0 radical (unpaired) electrons. The number of rotatable bonds is 2. The van der Waals surface area contributed by atoms with Crippen LogP contribution in [0.25, 0.3) is 0 Å². The van der Waals surface area contributed by atoms with Crippen LogP contribution in [0, 0.1) is 25.2 Å². The number of benzene rings is 1. The minimum absolute atomic E-state index is 0.112. The summed E-state index contributed by atoms with van der Waals surface area (Å²) in [6.07, 6.45) is 0.971. The first-order chi connectivity index (χ1) is 7.81. The van der Waals surface area contributed by atoms with Crippen molar-refractivity contribution in [3.63, 3.8) is 0 Å². The molecule has 3 heteroatoms. The SMILES string of the molecule is Cc1cc(C)c(NC(=O)C2CC2(C)C)cc1N. The van der Waals surface area contributed by atoms with Crippen LogP contribution in [0.15, 0.2) is 12.1 Å². The molecule has 0 heterocycles. The first-order valence-electron chi connectivity index (χ1n) is 5.99. The Hall–Kier alpha value is -1.51. The molecule has 0 bridgehead atoms. The van der Waals surface area contributed by atoms with Crippen molar-refractivity contribution in [2.75, 3.05) is 11.1 Å². The van der Waals surface area contributed by atoms with Gasteiger partial charge in [-0.1, -0.05) is 19.9 Å². The number of carbonyl (C=O) groups is 1. The fourth-order valence-electron chi connectivity index (χ4n) is 2.14. The fourth-order valence-corrected chi connectivity index (χ4v) is 2.14. The van der Waals surface area contributed by atoms with E-state index in [-0.39, 0.29) is 17.2 Å². The quantitative estimate of drug-likeness (QED) is 0.770. The van der Waals surface area contributed by atoms with Gasteiger partial charge in [0.15, 0.2) is 0 Å². The molecule has 1 atom stereocenters. The number of hydrogen-bond donors (Lipinski definition) is 2. The van der Waals surface area contributed by atoms with Crippen molar-refractivity contribution >= 4 is 17.3 Å². The first-order valence-corrected chi connectivity index (χ1v) is 5.99. The van der Waals surface area contributed by atoms with E-state index in [2.05, 4.69) is 19.2 Å². The third kappa shape index (κ3) is 2.28. The normalized spacial score (nSPS) is 21.1. The summed E-state index contributed by atoms with van der Waals surface area (Å²) < 4.78 is 0. The summed E-state index contributed by atoms with van der Waals surface area (Å²) in [5.41, 5.74) is 9.68. The van der Waals surface area contributed by atoms with Gasteiger partial charge in [-0.15, -0.1) is 0 Å². The molecule has 0 spiro atoms. The maximum Gasteiger partial charge on any atom is 0.228 e. The molecule has 1 saturated carbocycles. The first kappa shape index (κ1) is 12.0. The van der Waals surface area contributed by atoms with E-state index in [4.69, 9.17) is 5.73 Å². The Bertz CT molecular complexity index is 477. The lowest BCUT2D eigenvalue weighted by atomic mass is 10.1. The van der Waals surface area contributed by atoms with E-state index in [1.165, 1.54) is 0 Å². The third-order valence-corrected chi connectivity index (χ3v) is 3.70. The molecule has 1 aliphatic rings. The van der Waals surface area contributed by atoms with E-state index in [0.717, 1.165) is 28.9 Å². The van der Waals surface area contributed by atoms with Crippen LogP contribution < -0.4 is 11.1 Å². The summed E-state index contributed by atoms with van der Waals surface area (Å²) in [5, 5.41) is 2.98. The van der Waals surface area contributed by atoms with Gasteiger partial charge in [0.25, 0.3) is 0 Å². The van der Waals surface area contributed by atoms with Gasteiger partial charge in [-0.3, -0.25) is 4.79 Å². The fraction of sp³-hybridized carbons (Fsp3) is 0.500. The van der Waals surface area contributed by atoms with Crippen molar-refractivity contribution in [1.29, 1.82) is 0 Å². The van der Waals surface area contributed by atoms with Crippen molar-refractivity contribution in [3.05, 3.63) is 23.3 Å². The Kier molecular flexibility index (Phi) is 2.64. The van der Waals surface area contributed by atoms with Gasteiger partial charge in [0.2, 0.25) is 5.91 Å². The molecule has 1 aromatic carbocycles. The van der Waals surface area contributed by atoms with Gasteiger partial charge >= 0.3 is 0 Å². The Morgan fingerprint density at radius 3 is 2.47 bits per heavy atom. The zero-order chi connectivity index (χ0) is 12.8. The molecule has 2 rings (SSSR count). The second kappa shape index (κ2) is 3.76. The Balaban J connectivity index is 2.14. The summed E-state index contributed by atoms with van der Waals surface area (Å²) in [6, 6.07) is 3.85. The Labute approximate surface area is 102 Å². The number of amides is 1. The number of nitrogen functional groups attached to an aromatic ring is 1. The summed E-state index contributed by atoms with van der Waals surface area (Å²) in [5.74, 6) is 0.255. The van der Waals surface area contributed by atoms with Gasteiger partial charge in [-0.05, 0) is 42.9 Å². The summed E-state index contributed by atoms with van der Waals surface area (Å²) >= 11 is 0. The molecule has 3 N–H and O–H groups in total. The number of hydrogen-bond acceptors (Lipinski definition) is 2. The Morgan fingerprint density at radius 2 is 1.94 bits per heavy atom. The second-order valence-electron chi connectivity index (χ2n) is 5.76. The van der Waals surface area contributed by atoms with Crippen LogP contribution in [0.4, 0.5) is 11.4 Å². The summed E-state index contributed by atoms with van der Waals surface area (Å²) in [7, 11) is 0. The van der Waals surface area contributed by atoms with Crippen LogP contribution in [0.2, 0.25) is 0 Å². The number of nitrogens with two attached hydrogens (primary N) is 1. The van der Waals surface area contributed by atoms with Gasteiger partial charge in [-0.2, -0.15) is 0 Å². The average Bonchev–Trinajstić information content (AvgIpc) is 2.84. The molecule has 1 unspecified atom stereocenters. The standard InChI is InChI=1S/C14H20N2O/c1-8-5-9(2)12(6-11(8)15)16-13(17)10-7-14(10,3)4/h5-6,10H,7,15H2,1-4H3,(H,16,17). The van der Waals surface area contributed by atoms with Crippen molar-refractivity contribution in [1.82, 2.24) is 0 Å². The molecule has 3 nitrogen and oxygen atoms in total. The largest absolute Gasteiger partial charge is 0.398 e. The smallest absolute Gasteiger partial charge is 0.228 e. The second-order valence-corrected chi connectivity index (χ2v) is 5.76. The van der Waals surface area contributed by atoms with Crippen molar-refractivity contribution < 1.29 is 4.79 Å². The lowest BCUT2D eigenvalue weighted by molar-refractivity contribution is -0.118. The van der Waals surface area contributed by atoms with Crippen LogP contribution in [0.3, 0.4) is 0 Å². The maximum atomic E-state index is 12.0. The van der Waals surface area contributed by atoms with E-state index < -0.39 is 0 Å². The highest BCUT2D eigenvalue weighted by atomic mass is 16.2. The predicted molar refractivity (Wildman–Crippen MR) is 70.8 cm³/mol. The molecular weight excluding hydrogens is 212 g/mol. The van der Waals surface area contributed by atoms with Crippen molar-refractivity contribution in [3.8, 4) is 0 Å². The monoisotopic (exact) mass is 232 g/mol. The molecule has 0 aliphatic heterocycles. The van der Waals surface area contributed by atoms with Crippen molar-refractivity contribution in [2.45, 2.75) is 34.1 Å². The molecule has 1 fully saturated rings. The number of aryl methyl sites for hydroxylation is 2. The van der Waals surface area contributed by atoms with E-state index in [0.29, 0.717) is 0 Å². The molecule has 1 aliphatic carbocycles. The topological polar surface area (TPSA) is 55.1 Å². The predicted octanol–water partition coefficient (Wildman–Crippen LogP) is 2.87. The van der Waals surface area contributed by atoms with E-state index in [1.807, 2.05) is 26.0 Å². The highest BCUT2D eigenvalue weighted by Crippen LogP contribution is 2.52. The molecular formula is C14H20N2O. The van der Waals surface area contributed by atoms with Crippen LogP contribution in [-0.2, 0) is 4.79 Å². The average molecular weight is 232 g/mol. The van der Waals surface area contributed by atoms with E-state index >= 15 is 0 Å². The highest BCUT2D eigenvalue weighted by Gasteiger charge is 2.50. The lowest BCUT2D eigenvalue weighted by Gasteiger charge is -2.11. The molecule has 17 heavy (non-hydrogen) atoms. The maximum absolute atomic E-state index is 12.0. The zero-order valence-electron chi connectivity index (χ0n) is 10.9. The summed E-state index contributed by atoms with van der Waals surface area (Å²) in [6.45, 7) is 8.19. The Morgan fingerprint density at radius 1 is 1.35 bits per heavy atom. The van der Waals surface area contributed by atoms with Crippen LogP contribution in [0.1, 0.15) is 31.4 Å². The number of anilines is 2.